The topological polar surface area (TPSA) is 67.9 Å². The number of fused-ring (bicyclic) bond motifs is 2. The maximum Gasteiger partial charge on any atom is 0.251 e. The number of nitrogens with zero attached hydrogens (tertiary/aromatic N) is 1. The van der Waals surface area contributed by atoms with Gasteiger partial charge in [0, 0.05) is 17.8 Å². The lowest BCUT2D eigenvalue weighted by atomic mass is 10.1. The summed E-state index contributed by atoms with van der Waals surface area (Å²) in [6.45, 7) is 0.839. The second-order valence-corrected chi connectivity index (χ2v) is 7.50. The highest BCUT2D eigenvalue weighted by Crippen LogP contribution is 2.33. The van der Waals surface area contributed by atoms with Crippen LogP contribution in [0.2, 0.25) is 0 Å². The van der Waals surface area contributed by atoms with E-state index in [2.05, 4.69) is 5.32 Å². The van der Waals surface area contributed by atoms with Crippen LogP contribution in [0, 0.1) is 5.82 Å². The van der Waals surface area contributed by atoms with Crippen molar-refractivity contribution in [1.82, 2.24) is 5.32 Å². The number of hydrogen-bond acceptors (Lipinski definition) is 4. The molecule has 0 spiro atoms. The largest absolute Gasteiger partial charge is 0.454 e. The average molecular weight is 418 g/mol. The lowest BCUT2D eigenvalue weighted by molar-refractivity contribution is -0.117. The van der Waals surface area contributed by atoms with Gasteiger partial charge < -0.3 is 19.7 Å². The summed E-state index contributed by atoms with van der Waals surface area (Å²) in [5, 5.41) is 2.89. The van der Waals surface area contributed by atoms with Crippen molar-refractivity contribution < 1.29 is 23.5 Å². The lowest BCUT2D eigenvalue weighted by Crippen LogP contribution is -2.26. The summed E-state index contributed by atoms with van der Waals surface area (Å²) in [6.07, 6.45) is 0.216. The molecule has 0 fully saturated rings. The summed E-state index contributed by atoms with van der Waals surface area (Å²) < 4.78 is 24.1. The summed E-state index contributed by atoms with van der Waals surface area (Å²) in [5.74, 6) is 0.731. The van der Waals surface area contributed by atoms with Gasteiger partial charge in [-0.2, -0.15) is 0 Å². The van der Waals surface area contributed by atoms with Crippen molar-refractivity contribution in [3.05, 3.63) is 88.7 Å². The number of hydrogen-bond donors (Lipinski definition) is 1. The van der Waals surface area contributed by atoms with Gasteiger partial charge in [-0.05, 0) is 59.2 Å². The Labute approximate surface area is 178 Å². The Morgan fingerprint density at radius 2 is 1.87 bits per heavy atom. The minimum atomic E-state index is -0.334. The molecule has 0 saturated carbocycles. The molecule has 0 aromatic heterocycles. The molecule has 2 heterocycles. The molecular formula is C24H19FN2O4. The standard InChI is InChI=1S/C24H19FN2O4/c25-19-3-1-2-16(8-19)13-27-20-6-5-17(10-18(20)11-23(27)28)24(29)26-12-15-4-7-21-22(9-15)31-14-30-21/h1-10H,11-14H2,(H,26,29). The first-order chi connectivity index (χ1) is 15.1. The van der Waals surface area contributed by atoms with Gasteiger partial charge in [-0.3, -0.25) is 9.59 Å². The van der Waals surface area contributed by atoms with Gasteiger partial charge in [0.25, 0.3) is 5.91 Å². The first kappa shape index (κ1) is 19.1. The Kier molecular flexibility index (Phi) is 4.78. The van der Waals surface area contributed by atoms with Crippen LogP contribution in [0.1, 0.15) is 27.0 Å². The third-order valence-electron chi connectivity index (χ3n) is 5.39. The molecule has 5 rings (SSSR count). The van der Waals surface area contributed by atoms with Gasteiger partial charge >= 0.3 is 0 Å². The summed E-state index contributed by atoms with van der Waals surface area (Å²) >= 11 is 0. The SMILES string of the molecule is O=C(NCc1ccc2c(c1)OCO2)c1ccc2c(c1)CC(=O)N2Cc1cccc(F)c1. The fourth-order valence-electron chi connectivity index (χ4n) is 3.85. The van der Waals surface area contributed by atoms with E-state index in [1.807, 2.05) is 18.2 Å². The molecule has 2 amide bonds. The van der Waals surface area contributed by atoms with E-state index in [1.165, 1.54) is 12.1 Å². The van der Waals surface area contributed by atoms with E-state index in [0.717, 1.165) is 16.8 Å². The minimum absolute atomic E-state index is 0.0721. The van der Waals surface area contributed by atoms with Crippen molar-refractivity contribution in [1.29, 1.82) is 0 Å². The second kappa shape index (κ2) is 7.75. The van der Waals surface area contributed by atoms with Crippen molar-refractivity contribution >= 4 is 17.5 Å². The highest BCUT2D eigenvalue weighted by atomic mass is 19.1. The molecule has 6 nitrogen and oxygen atoms in total. The number of ether oxygens (including phenoxy) is 2. The molecule has 0 unspecified atom stereocenters. The van der Waals surface area contributed by atoms with Crippen LogP contribution in [0.5, 0.6) is 11.5 Å². The zero-order valence-electron chi connectivity index (χ0n) is 16.6. The lowest BCUT2D eigenvalue weighted by Gasteiger charge is -2.18. The highest BCUT2D eigenvalue weighted by molar-refractivity contribution is 6.03. The van der Waals surface area contributed by atoms with Crippen molar-refractivity contribution in [3.8, 4) is 11.5 Å². The molecule has 0 saturated heterocycles. The van der Waals surface area contributed by atoms with Crippen molar-refractivity contribution in [2.45, 2.75) is 19.5 Å². The number of carbonyl (C=O) groups is 2. The third kappa shape index (κ3) is 3.82. The van der Waals surface area contributed by atoms with Gasteiger partial charge in [-0.1, -0.05) is 18.2 Å². The van der Waals surface area contributed by atoms with Crippen LogP contribution in [0.4, 0.5) is 10.1 Å². The second-order valence-electron chi connectivity index (χ2n) is 7.50. The zero-order valence-corrected chi connectivity index (χ0v) is 16.6. The van der Waals surface area contributed by atoms with Crippen LogP contribution in [-0.4, -0.2) is 18.6 Å². The zero-order chi connectivity index (χ0) is 21.4. The molecule has 31 heavy (non-hydrogen) atoms. The van der Waals surface area contributed by atoms with Crippen molar-refractivity contribution in [2.75, 3.05) is 11.7 Å². The Morgan fingerprint density at radius 1 is 1.00 bits per heavy atom. The smallest absolute Gasteiger partial charge is 0.251 e. The summed E-state index contributed by atoms with van der Waals surface area (Å²) in [7, 11) is 0. The first-order valence-corrected chi connectivity index (χ1v) is 9.91. The van der Waals surface area contributed by atoms with E-state index in [4.69, 9.17) is 9.47 Å². The molecule has 2 aliphatic rings. The highest BCUT2D eigenvalue weighted by Gasteiger charge is 2.28. The molecule has 0 radical (unpaired) electrons. The van der Waals surface area contributed by atoms with E-state index < -0.39 is 0 Å². The van der Waals surface area contributed by atoms with E-state index in [-0.39, 0.29) is 30.8 Å². The Morgan fingerprint density at radius 3 is 2.74 bits per heavy atom. The molecule has 7 heteroatoms. The quantitative estimate of drug-likeness (QED) is 0.688. The molecule has 0 atom stereocenters. The number of benzene rings is 3. The number of nitrogens with one attached hydrogen (secondary N) is 1. The molecule has 3 aromatic rings. The van der Waals surface area contributed by atoms with Crippen LogP contribution >= 0.6 is 0 Å². The summed E-state index contributed by atoms with van der Waals surface area (Å²) in [6, 6.07) is 17.0. The average Bonchev–Trinajstić information content (AvgIpc) is 3.35. The van der Waals surface area contributed by atoms with Gasteiger partial charge in [0.15, 0.2) is 11.5 Å². The van der Waals surface area contributed by atoms with E-state index in [9.17, 15) is 14.0 Å². The number of halogens is 1. The van der Waals surface area contributed by atoms with Crippen LogP contribution in [-0.2, 0) is 24.3 Å². The van der Waals surface area contributed by atoms with Gasteiger partial charge in [-0.25, -0.2) is 4.39 Å². The van der Waals surface area contributed by atoms with E-state index >= 15 is 0 Å². The van der Waals surface area contributed by atoms with E-state index in [0.29, 0.717) is 35.7 Å². The van der Waals surface area contributed by atoms with Gasteiger partial charge in [0.05, 0.1) is 13.0 Å². The monoisotopic (exact) mass is 418 g/mol. The van der Waals surface area contributed by atoms with Crippen molar-refractivity contribution in [2.24, 2.45) is 0 Å². The molecule has 1 N–H and O–H groups in total. The first-order valence-electron chi connectivity index (χ1n) is 9.91. The number of carbonyl (C=O) groups excluding carboxylic acids is 2. The summed E-state index contributed by atoms with van der Waals surface area (Å²) in [5.41, 5.74) is 3.64. The van der Waals surface area contributed by atoms with Gasteiger partial charge in [0.1, 0.15) is 5.82 Å². The fourth-order valence-corrected chi connectivity index (χ4v) is 3.85. The predicted octanol–water partition coefficient (Wildman–Crippen LogP) is 3.57. The molecule has 3 aromatic carbocycles. The summed E-state index contributed by atoms with van der Waals surface area (Å²) in [4.78, 5) is 26.8. The van der Waals surface area contributed by atoms with E-state index in [1.54, 1.807) is 35.2 Å². The maximum absolute atomic E-state index is 13.5. The minimum Gasteiger partial charge on any atom is -0.454 e. The molecule has 0 aliphatic carbocycles. The fraction of sp³-hybridized carbons (Fsp3) is 0.167. The van der Waals surface area contributed by atoms with Crippen LogP contribution in [0.15, 0.2) is 60.7 Å². The maximum atomic E-state index is 13.5. The van der Waals surface area contributed by atoms with Crippen LogP contribution < -0.4 is 19.7 Å². The van der Waals surface area contributed by atoms with Crippen molar-refractivity contribution in [3.63, 3.8) is 0 Å². The number of rotatable bonds is 5. The molecular weight excluding hydrogens is 399 g/mol. The van der Waals surface area contributed by atoms with Crippen LogP contribution in [0.3, 0.4) is 0 Å². The van der Waals surface area contributed by atoms with Crippen LogP contribution in [0.25, 0.3) is 0 Å². The normalized spacial score (nSPS) is 14.0. The predicted molar refractivity (Wildman–Crippen MR) is 111 cm³/mol. The Hall–Kier alpha value is -3.87. The van der Waals surface area contributed by atoms with Gasteiger partial charge in [0.2, 0.25) is 12.7 Å². The molecule has 2 aliphatic heterocycles. The molecule has 0 bridgehead atoms. The number of amides is 2. The Bertz CT molecular complexity index is 1190. The van der Waals surface area contributed by atoms with Gasteiger partial charge in [-0.15, -0.1) is 0 Å². The number of anilines is 1. The Balaban J connectivity index is 1.28. The third-order valence-corrected chi connectivity index (χ3v) is 5.39. The molecule has 156 valence electrons.